The molecule has 2 rings (SSSR count). The monoisotopic (exact) mass is 191 g/mol. The van der Waals surface area contributed by atoms with Crippen LogP contribution in [-0.4, -0.2) is 21.2 Å². The average molecular weight is 191 g/mol. The summed E-state index contributed by atoms with van der Waals surface area (Å²) in [6, 6.07) is 3.43. The Morgan fingerprint density at radius 2 is 2.36 bits per heavy atom. The molecule has 74 valence electrons. The van der Waals surface area contributed by atoms with Crippen molar-refractivity contribution >= 4 is 10.9 Å². The Kier molecular flexibility index (Phi) is 2.23. The number of hydrogen-bond acceptors (Lipinski definition) is 3. The second-order valence-electron chi connectivity index (χ2n) is 3.45. The summed E-state index contributed by atoms with van der Waals surface area (Å²) in [6.45, 7) is 1.68. The molecule has 2 unspecified atom stereocenters. The molecule has 0 saturated carbocycles. The first-order valence-electron chi connectivity index (χ1n) is 4.55. The molecular weight excluding hydrogens is 178 g/mol. The van der Waals surface area contributed by atoms with Crippen LogP contribution in [-0.2, 0) is 0 Å². The SMILES string of the molecule is CC(O)C(N)c1cc2cnccc2[nH]1. The predicted octanol–water partition coefficient (Wildman–Crippen LogP) is 0.944. The van der Waals surface area contributed by atoms with Crippen molar-refractivity contribution in [3.8, 4) is 0 Å². The number of hydrogen-bond donors (Lipinski definition) is 3. The van der Waals surface area contributed by atoms with E-state index in [0.717, 1.165) is 16.6 Å². The second kappa shape index (κ2) is 3.40. The number of nitrogens with two attached hydrogens (primary N) is 1. The van der Waals surface area contributed by atoms with Crippen molar-refractivity contribution in [3.05, 3.63) is 30.2 Å². The second-order valence-corrected chi connectivity index (χ2v) is 3.45. The third-order valence-corrected chi connectivity index (χ3v) is 2.32. The molecule has 0 aliphatic heterocycles. The fourth-order valence-electron chi connectivity index (χ4n) is 1.43. The summed E-state index contributed by atoms with van der Waals surface area (Å²) >= 11 is 0. The Labute approximate surface area is 81.8 Å². The number of aromatic nitrogens is 2. The lowest BCUT2D eigenvalue weighted by molar-refractivity contribution is 0.163. The lowest BCUT2D eigenvalue weighted by Crippen LogP contribution is -2.23. The molecule has 2 atom stereocenters. The van der Waals surface area contributed by atoms with Gasteiger partial charge in [-0.3, -0.25) is 4.98 Å². The van der Waals surface area contributed by atoms with Gasteiger partial charge in [0, 0.05) is 29.0 Å². The Balaban J connectivity index is 2.45. The molecule has 0 aromatic carbocycles. The van der Waals surface area contributed by atoms with Crippen LogP contribution in [0.2, 0.25) is 0 Å². The highest BCUT2D eigenvalue weighted by Crippen LogP contribution is 2.19. The van der Waals surface area contributed by atoms with E-state index >= 15 is 0 Å². The number of H-pyrrole nitrogens is 1. The van der Waals surface area contributed by atoms with Crippen LogP contribution < -0.4 is 5.73 Å². The van der Waals surface area contributed by atoms with Crippen molar-refractivity contribution in [3.63, 3.8) is 0 Å². The fourth-order valence-corrected chi connectivity index (χ4v) is 1.43. The highest BCUT2D eigenvalue weighted by molar-refractivity contribution is 5.79. The van der Waals surface area contributed by atoms with Gasteiger partial charge < -0.3 is 15.8 Å². The molecule has 4 nitrogen and oxygen atoms in total. The van der Waals surface area contributed by atoms with Crippen molar-refractivity contribution in [1.29, 1.82) is 0 Å². The summed E-state index contributed by atoms with van der Waals surface area (Å²) in [4.78, 5) is 7.16. The first-order valence-corrected chi connectivity index (χ1v) is 4.55. The largest absolute Gasteiger partial charge is 0.391 e. The lowest BCUT2D eigenvalue weighted by Gasteiger charge is -2.12. The normalized spacial score (nSPS) is 15.6. The van der Waals surface area contributed by atoms with Gasteiger partial charge in [-0.25, -0.2) is 0 Å². The van der Waals surface area contributed by atoms with Crippen LogP contribution in [0, 0.1) is 0 Å². The van der Waals surface area contributed by atoms with Gasteiger partial charge in [-0.2, -0.15) is 0 Å². The summed E-state index contributed by atoms with van der Waals surface area (Å²) in [5, 5.41) is 10.4. The topological polar surface area (TPSA) is 74.9 Å². The van der Waals surface area contributed by atoms with Gasteiger partial charge in [0.25, 0.3) is 0 Å². The van der Waals surface area contributed by atoms with E-state index < -0.39 is 6.10 Å². The van der Waals surface area contributed by atoms with E-state index in [1.165, 1.54) is 0 Å². The quantitative estimate of drug-likeness (QED) is 0.661. The van der Waals surface area contributed by atoms with Crippen LogP contribution in [0.25, 0.3) is 10.9 Å². The maximum atomic E-state index is 9.34. The zero-order valence-corrected chi connectivity index (χ0v) is 7.94. The minimum atomic E-state index is -0.559. The van der Waals surface area contributed by atoms with E-state index in [1.807, 2.05) is 12.1 Å². The summed E-state index contributed by atoms with van der Waals surface area (Å²) in [7, 11) is 0. The predicted molar refractivity (Wildman–Crippen MR) is 54.7 cm³/mol. The van der Waals surface area contributed by atoms with Crippen molar-refractivity contribution in [2.75, 3.05) is 0 Å². The summed E-state index contributed by atoms with van der Waals surface area (Å²) in [5.41, 5.74) is 7.63. The molecule has 2 aromatic rings. The maximum Gasteiger partial charge on any atom is 0.0719 e. The van der Waals surface area contributed by atoms with Crippen molar-refractivity contribution in [2.24, 2.45) is 5.73 Å². The molecule has 4 N–H and O–H groups in total. The Bertz CT molecular complexity index is 403. The molecule has 2 heterocycles. The Morgan fingerprint density at radius 1 is 1.57 bits per heavy atom. The standard InChI is InChI=1S/C10H13N3O/c1-6(14)10(11)9-4-7-5-12-3-2-8(7)13-9/h2-6,10,13-14H,11H2,1H3. The van der Waals surface area contributed by atoms with Gasteiger partial charge in [0.1, 0.15) is 0 Å². The minimum Gasteiger partial charge on any atom is -0.391 e. The average Bonchev–Trinajstić information content (AvgIpc) is 2.59. The van der Waals surface area contributed by atoms with E-state index in [-0.39, 0.29) is 6.04 Å². The van der Waals surface area contributed by atoms with Gasteiger partial charge in [-0.1, -0.05) is 0 Å². The highest BCUT2D eigenvalue weighted by Gasteiger charge is 2.13. The molecule has 4 heteroatoms. The first kappa shape index (κ1) is 9.18. The van der Waals surface area contributed by atoms with Crippen LogP contribution in [0.1, 0.15) is 18.7 Å². The van der Waals surface area contributed by atoms with Crippen molar-refractivity contribution in [2.45, 2.75) is 19.1 Å². The zero-order valence-electron chi connectivity index (χ0n) is 7.94. The molecule has 0 aliphatic rings. The smallest absolute Gasteiger partial charge is 0.0719 e. The molecule has 0 saturated heterocycles. The number of aliphatic hydroxyl groups is 1. The molecular formula is C10H13N3O. The van der Waals surface area contributed by atoms with Gasteiger partial charge in [0.2, 0.25) is 0 Å². The number of rotatable bonds is 2. The summed E-state index contributed by atoms with van der Waals surface area (Å²) < 4.78 is 0. The third kappa shape index (κ3) is 1.49. The van der Waals surface area contributed by atoms with E-state index in [0.29, 0.717) is 0 Å². The summed E-state index contributed by atoms with van der Waals surface area (Å²) in [5.74, 6) is 0. The van der Waals surface area contributed by atoms with Crippen molar-refractivity contribution in [1.82, 2.24) is 9.97 Å². The Hall–Kier alpha value is -1.39. The Morgan fingerprint density at radius 3 is 3.00 bits per heavy atom. The first-order chi connectivity index (χ1) is 6.68. The number of nitrogens with zero attached hydrogens (tertiary/aromatic N) is 1. The van der Waals surface area contributed by atoms with Crippen LogP contribution in [0.15, 0.2) is 24.5 Å². The van der Waals surface area contributed by atoms with Gasteiger partial charge in [-0.15, -0.1) is 0 Å². The van der Waals surface area contributed by atoms with Crippen molar-refractivity contribution < 1.29 is 5.11 Å². The van der Waals surface area contributed by atoms with Gasteiger partial charge >= 0.3 is 0 Å². The highest BCUT2D eigenvalue weighted by atomic mass is 16.3. The molecule has 0 radical (unpaired) electrons. The number of aromatic amines is 1. The fraction of sp³-hybridized carbons (Fsp3) is 0.300. The lowest BCUT2D eigenvalue weighted by atomic mass is 10.1. The number of aliphatic hydroxyl groups excluding tert-OH is 1. The molecule has 0 amide bonds. The minimum absolute atomic E-state index is 0.373. The number of nitrogens with one attached hydrogen (secondary N) is 1. The van der Waals surface area contributed by atoms with Gasteiger partial charge in [0.15, 0.2) is 0 Å². The van der Waals surface area contributed by atoms with Crippen LogP contribution in [0.5, 0.6) is 0 Å². The van der Waals surface area contributed by atoms with Crippen LogP contribution in [0.4, 0.5) is 0 Å². The molecule has 14 heavy (non-hydrogen) atoms. The summed E-state index contributed by atoms with van der Waals surface area (Å²) in [6.07, 6.45) is 2.93. The number of pyridine rings is 1. The molecule has 0 spiro atoms. The van der Waals surface area contributed by atoms with E-state index in [4.69, 9.17) is 5.73 Å². The molecule has 0 fully saturated rings. The van der Waals surface area contributed by atoms with E-state index in [9.17, 15) is 5.11 Å². The van der Waals surface area contributed by atoms with Gasteiger partial charge in [-0.05, 0) is 19.1 Å². The molecule has 0 aliphatic carbocycles. The van der Waals surface area contributed by atoms with E-state index in [1.54, 1.807) is 19.3 Å². The third-order valence-electron chi connectivity index (χ3n) is 2.32. The van der Waals surface area contributed by atoms with Crippen LogP contribution >= 0.6 is 0 Å². The number of fused-ring (bicyclic) bond motifs is 1. The maximum absolute atomic E-state index is 9.34. The zero-order chi connectivity index (χ0) is 10.1. The molecule has 0 bridgehead atoms. The van der Waals surface area contributed by atoms with Crippen LogP contribution in [0.3, 0.4) is 0 Å². The van der Waals surface area contributed by atoms with Gasteiger partial charge in [0.05, 0.1) is 12.1 Å². The van der Waals surface area contributed by atoms with E-state index in [2.05, 4.69) is 9.97 Å². The molecule has 2 aromatic heterocycles.